The molecular weight excluding hydrogens is 270 g/mol. The van der Waals surface area contributed by atoms with Crippen LogP contribution in [0.3, 0.4) is 0 Å². The zero-order valence-electron chi connectivity index (χ0n) is 13.1. The molecule has 1 aliphatic rings. The molecule has 1 heterocycles. The molecule has 0 aliphatic carbocycles. The molecule has 1 saturated heterocycles. The molecule has 0 bridgehead atoms. The van der Waals surface area contributed by atoms with Gasteiger partial charge in [0.05, 0.1) is 27.9 Å². The quantitative estimate of drug-likeness (QED) is 0.836. The van der Waals surface area contributed by atoms with Crippen LogP contribution in [0.15, 0.2) is 12.1 Å². The topological polar surface area (TPSA) is 49.0 Å². The van der Waals surface area contributed by atoms with Crippen molar-refractivity contribution in [3.8, 4) is 17.2 Å². The van der Waals surface area contributed by atoms with Crippen LogP contribution in [0.2, 0.25) is 0 Å². The molecule has 1 aromatic carbocycles. The van der Waals surface area contributed by atoms with Crippen molar-refractivity contribution < 1.29 is 18.9 Å². The zero-order chi connectivity index (χ0) is 15.1. The van der Waals surface area contributed by atoms with Gasteiger partial charge in [-0.25, -0.2) is 0 Å². The number of rotatable bonds is 7. The molecule has 1 aliphatic heterocycles. The predicted molar refractivity (Wildman–Crippen MR) is 81.3 cm³/mol. The van der Waals surface area contributed by atoms with Gasteiger partial charge in [-0.1, -0.05) is 0 Å². The Kier molecular flexibility index (Phi) is 6.14. The highest BCUT2D eigenvalue weighted by molar-refractivity contribution is 5.50. The van der Waals surface area contributed by atoms with Crippen LogP contribution in [0.25, 0.3) is 0 Å². The highest BCUT2D eigenvalue weighted by atomic mass is 16.5. The Morgan fingerprint density at radius 1 is 1.10 bits per heavy atom. The average Bonchev–Trinajstić information content (AvgIpc) is 2.55. The van der Waals surface area contributed by atoms with Crippen molar-refractivity contribution in [2.75, 3.05) is 41.1 Å². The fourth-order valence-electron chi connectivity index (χ4n) is 2.61. The first-order valence-corrected chi connectivity index (χ1v) is 7.35. The number of nitrogens with one attached hydrogen (secondary N) is 1. The van der Waals surface area contributed by atoms with E-state index >= 15 is 0 Å². The van der Waals surface area contributed by atoms with Crippen LogP contribution in [-0.4, -0.2) is 41.1 Å². The van der Waals surface area contributed by atoms with Crippen molar-refractivity contribution in [2.45, 2.75) is 19.4 Å². The molecule has 1 aromatic rings. The summed E-state index contributed by atoms with van der Waals surface area (Å²) in [5.74, 6) is 2.81. The van der Waals surface area contributed by atoms with Crippen molar-refractivity contribution >= 4 is 0 Å². The van der Waals surface area contributed by atoms with Crippen LogP contribution >= 0.6 is 0 Å². The zero-order valence-corrected chi connectivity index (χ0v) is 13.1. The van der Waals surface area contributed by atoms with E-state index in [-0.39, 0.29) is 0 Å². The molecule has 1 N–H and O–H groups in total. The van der Waals surface area contributed by atoms with Crippen LogP contribution in [0.4, 0.5) is 0 Å². The summed E-state index contributed by atoms with van der Waals surface area (Å²) < 4.78 is 21.6. The second kappa shape index (κ2) is 8.10. The van der Waals surface area contributed by atoms with Crippen molar-refractivity contribution in [3.05, 3.63) is 17.7 Å². The largest absolute Gasteiger partial charge is 0.496 e. The van der Waals surface area contributed by atoms with E-state index in [0.717, 1.165) is 49.8 Å². The fourth-order valence-corrected chi connectivity index (χ4v) is 2.61. The minimum absolute atomic E-state index is 0.602. The maximum atomic E-state index is 5.50. The molecule has 0 radical (unpaired) electrons. The molecule has 5 heteroatoms. The Bertz CT molecular complexity index is 444. The van der Waals surface area contributed by atoms with Gasteiger partial charge in [0.2, 0.25) is 0 Å². The van der Waals surface area contributed by atoms with Gasteiger partial charge in [-0.2, -0.15) is 0 Å². The average molecular weight is 295 g/mol. The summed E-state index contributed by atoms with van der Waals surface area (Å²) in [5, 5.41) is 3.48. The minimum Gasteiger partial charge on any atom is -0.496 e. The van der Waals surface area contributed by atoms with E-state index in [1.165, 1.54) is 6.42 Å². The molecule has 2 rings (SSSR count). The highest BCUT2D eigenvalue weighted by Crippen LogP contribution is 2.34. The monoisotopic (exact) mass is 295 g/mol. The summed E-state index contributed by atoms with van der Waals surface area (Å²) in [7, 11) is 4.93. The first kappa shape index (κ1) is 15.9. The summed E-state index contributed by atoms with van der Waals surface area (Å²) in [5.41, 5.74) is 1.06. The normalized spacial score (nSPS) is 18.3. The van der Waals surface area contributed by atoms with E-state index in [2.05, 4.69) is 5.32 Å². The number of hydrogen-bond donors (Lipinski definition) is 1. The van der Waals surface area contributed by atoms with Crippen molar-refractivity contribution in [1.29, 1.82) is 0 Å². The van der Waals surface area contributed by atoms with Crippen molar-refractivity contribution in [2.24, 2.45) is 5.92 Å². The molecule has 118 valence electrons. The molecule has 5 nitrogen and oxygen atoms in total. The van der Waals surface area contributed by atoms with Crippen LogP contribution < -0.4 is 19.5 Å². The summed E-state index contributed by atoms with van der Waals surface area (Å²) >= 11 is 0. The van der Waals surface area contributed by atoms with E-state index in [4.69, 9.17) is 18.9 Å². The lowest BCUT2D eigenvalue weighted by Gasteiger charge is -2.22. The van der Waals surface area contributed by atoms with Gasteiger partial charge < -0.3 is 24.3 Å². The van der Waals surface area contributed by atoms with E-state index in [1.807, 2.05) is 12.1 Å². The lowest BCUT2D eigenvalue weighted by atomic mass is 10.0. The maximum absolute atomic E-state index is 5.50. The standard InChI is InChI=1S/C16H25NO4/c1-18-14-8-16(20-3)15(19-2)7-13(14)10-17-9-12-5-4-6-21-11-12/h7-8,12,17H,4-6,9-11H2,1-3H3. The molecular formula is C16H25NO4. The Balaban J connectivity index is 1.97. The van der Waals surface area contributed by atoms with Crippen LogP contribution in [-0.2, 0) is 11.3 Å². The molecule has 0 spiro atoms. The highest BCUT2D eigenvalue weighted by Gasteiger charge is 2.15. The Morgan fingerprint density at radius 3 is 2.43 bits per heavy atom. The first-order chi connectivity index (χ1) is 10.3. The van der Waals surface area contributed by atoms with Crippen molar-refractivity contribution in [1.82, 2.24) is 5.32 Å². The van der Waals surface area contributed by atoms with E-state index in [0.29, 0.717) is 11.7 Å². The lowest BCUT2D eigenvalue weighted by Crippen LogP contribution is -2.29. The number of benzene rings is 1. The molecule has 1 unspecified atom stereocenters. The molecule has 21 heavy (non-hydrogen) atoms. The van der Waals surface area contributed by atoms with E-state index in [1.54, 1.807) is 21.3 Å². The number of ether oxygens (including phenoxy) is 4. The minimum atomic E-state index is 0.602. The van der Waals surface area contributed by atoms with Gasteiger partial charge in [-0.05, 0) is 24.8 Å². The van der Waals surface area contributed by atoms with Crippen LogP contribution in [0.5, 0.6) is 17.2 Å². The Labute approximate surface area is 126 Å². The summed E-state index contributed by atoms with van der Waals surface area (Å²) in [4.78, 5) is 0. The molecule has 0 aromatic heterocycles. The SMILES string of the molecule is COc1cc(OC)c(OC)cc1CNCC1CCCOC1. The van der Waals surface area contributed by atoms with Crippen LogP contribution in [0.1, 0.15) is 18.4 Å². The van der Waals surface area contributed by atoms with Gasteiger partial charge in [-0.15, -0.1) is 0 Å². The first-order valence-electron chi connectivity index (χ1n) is 7.35. The molecule has 0 amide bonds. The number of methoxy groups -OCH3 is 3. The van der Waals surface area contributed by atoms with Crippen LogP contribution in [0, 0.1) is 5.92 Å². The van der Waals surface area contributed by atoms with Gasteiger partial charge in [0.15, 0.2) is 11.5 Å². The molecule has 1 atom stereocenters. The van der Waals surface area contributed by atoms with Gasteiger partial charge in [0.1, 0.15) is 5.75 Å². The molecule has 0 saturated carbocycles. The third-order valence-corrected chi connectivity index (χ3v) is 3.79. The third-order valence-electron chi connectivity index (χ3n) is 3.79. The summed E-state index contributed by atoms with van der Waals surface area (Å²) in [6.45, 7) is 3.45. The van der Waals surface area contributed by atoms with Gasteiger partial charge >= 0.3 is 0 Å². The van der Waals surface area contributed by atoms with Gasteiger partial charge in [0.25, 0.3) is 0 Å². The fraction of sp³-hybridized carbons (Fsp3) is 0.625. The second-order valence-electron chi connectivity index (χ2n) is 5.23. The Morgan fingerprint density at radius 2 is 1.81 bits per heavy atom. The van der Waals surface area contributed by atoms with Crippen molar-refractivity contribution in [3.63, 3.8) is 0 Å². The van der Waals surface area contributed by atoms with E-state index < -0.39 is 0 Å². The summed E-state index contributed by atoms with van der Waals surface area (Å²) in [6.07, 6.45) is 2.39. The second-order valence-corrected chi connectivity index (χ2v) is 5.23. The summed E-state index contributed by atoms with van der Waals surface area (Å²) in [6, 6.07) is 3.82. The van der Waals surface area contributed by atoms with E-state index in [9.17, 15) is 0 Å². The number of hydrogen-bond acceptors (Lipinski definition) is 5. The third kappa shape index (κ3) is 4.25. The van der Waals surface area contributed by atoms with Gasteiger partial charge in [0, 0.05) is 31.3 Å². The van der Waals surface area contributed by atoms with Gasteiger partial charge in [-0.3, -0.25) is 0 Å². The predicted octanol–water partition coefficient (Wildman–Crippen LogP) is 2.23. The maximum Gasteiger partial charge on any atom is 0.164 e. The smallest absolute Gasteiger partial charge is 0.164 e. The Hall–Kier alpha value is -1.46. The lowest BCUT2D eigenvalue weighted by molar-refractivity contribution is 0.0547. The molecule has 1 fully saturated rings.